The Morgan fingerprint density at radius 2 is 2.08 bits per heavy atom. The number of aldehydes is 1. The van der Waals surface area contributed by atoms with E-state index in [0.717, 1.165) is 12.0 Å². The summed E-state index contributed by atoms with van der Waals surface area (Å²) in [5, 5.41) is 0. The fraction of sp³-hybridized carbons (Fsp3) is 0.400. The van der Waals surface area contributed by atoms with Crippen LogP contribution in [0.3, 0.4) is 0 Å². The molecule has 0 amide bonds. The second-order valence-electron chi connectivity index (χ2n) is 4.03. The van der Waals surface area contributed by atoms with Gasteiger partial charge >= 0.3 is 0 Å². The van der Waals surface area contributed by atoms with Crippen LogP contribution in [0.4, 0.5) is 5.69 Å². The number of hydrogen-bond acceptors (Lipinski definition) is 3. The van der Waals surface area contributed by atoms with Crippen LogP contribution in [-0.2, 0) is 5.41 Å². The van der Waals surface area contributed by atoms with Crippen molar-refractivity contribution in [1.29, 1.82) is 0 Å². The molecule has 0 fully saturated rings. The molecule has 0 atom stereocenters. The Morgan fingerprint density at radius 3 is 2.54 bits per heavy atom. The Hall–Kier alpha value is -1.38. The highest BCUT2D eigenvalue weighted by molar-refractivity contribution is 5.84. The van der Waals surface area contributed by atoms with Crippen molar-refractivity contribution >= 4 is 12.0 Å². The molecule has 0 saturated heterocycles. The summed E-state index contributed by atoms with van der Waals surface area (Å²) in [5.41, 5.74) is 7.44. The summed E-state index contributed by atoms with van der Waals surface area (Å²) in [5.74, 6) is 0. The van der Waals surface area contributed by atoms with Crippen LogP contribution in [0.1, 0.15) is 36.8 Å². The van der Waals surface area contributed by atoms with E-state index in [-0.39, 0.29) is 5.41 Å². The maximum absolute atomic E-state index is 10.6. The zero-order chi connectivity index (χ0) is 10.1. The molecule has 1 aromatic rings. The molecule has 70 valence electrons. The molecule has 0 unspecified atom stereocenters. The molecule has 1 rings (SSSR count). The Labute approximate surface area is 78.0 Å². The van der Waals surface area contributed by atoms with Gasteiger partial charge in [0.2, 0.25) is 0 Å². The maximum atomic E-state index is 10.6. The van der Waals surface area contributed by atoms with Crippen molar-refractivity contribution in [1.82, 2.24) is 4.98 Å². The minimum absolute atomic E-state index is 0.122. The van der Waals surface area contributed by atoms with Crippen LogP contribution in [0.15, 0.2) is 12.3 Å². The first kappa shape index (κ1) is 9.71. The van der Waals surface area contributed by atoms with Gasteiger partial charge in [0.1, 0.15) is 0 Å². The lowest BCUT2D eigenvalue weighted by atomic mass is 9.89. The molecule has 1 aromatic heterocycles. The highest BCUT2D eigenvalue weighted by Gasteiger charge is 2.19. The molecule has 3 heteroatoms. The third-order valence-corrected chi connectivity index (χ3v) is 1.86. The summed E-state index contributed by atoms with van der Waals surface area (Å²) >= 11 is 0. The minimum Gasteiger partial charge on any atom is -0.397 e. The molecule has 0 aliphatic rings. The standard InChI is InChI=1S/C10H14N2O/c1-10(2,3)9-8(11)7(6-13)4-5-12-9/h4-6H,11H2,1-3H3. The molecule has 0 saturated carbocycles. The number of nitrogens with zero attached hydrogens (tertiary/aromatic N) is 1. The predicted molar refractivity (Wildman–Crippen MR) is 52.7 cm³/mol. The molecule has 1 heterocycles. The largest absolute Gasteiger partial charge is 0.397 e. The van der Waals surface area contributed by atoms with Crippen molar-refractivity contribution in [2.45, 2.75) is 26.2 Å². The van der Waals surface area contributed by atoms with Gasteiger partial charge in [0.05, 0.1) is 11.4 Å². The SMILES string of the molecule is CC(C)(C)c1nccc(C=O)c1N. The lowest BCUT2D eigenvalue weighted by molar-refractivity contribution is 0.112. The summed E-state index contributed by atoms with van der Waals surface area (Å²) in [4.78, 5) is 14.8. The van der Waals surface area contributed by atoms with Crippen LogP contribution in [0.2, 0.25) is 0 Å². The predicted octanol–water partition coefficient (Wildman–Crippen LogP) is 1.77. The van der Waals surface area contributed by atoms with Gasteiger partial charge in [-0.2, -0.15) is 0 Å². The number of nitrogen functional groups attached to an aromatic ring is 1. The Kier molecular flexibility index (Phi) is 2.36. The summed E-state index contributed by atoms with van der Waals surface area (Å²) in [6.07, 6.45) is 2.37. The highest BCUT2D eigenvalue weighted by Crippen LogP contribution is 2.26. The monoisotopic (exact) mass is 178 g/mol. The molecule has 0 aromatic carbocycles. The van der Waals surface area contributed by atoms with Gasteiger partial charge in [-0.05, 0) is 6.07 Å². The van der Waals surface area contributed by atoms with Crippen molar-refractivity contribution in [2.24, 2.45) is 0 Å². The van der Waals surface area contributed by atoms with Gasteiger partial charge in [-0.25, -0.2) is 0 Å². The van der Waals surface area contributed by atoms with Crippen molar-refractivity contribution in [3.8, 4) is 0 Å². The second kappa shape index (κ2) is 3.17. The van der Waals surface area contributed by atoms with Crippen molar-refractivity contribution < 1.29 is 4.79 Å². The summed E-state index contributed by atoms with van der Waals surface area (Å²) in [6.45, 7) is 6.04. The van der Waals surface area contributed by atoms with E-state index in [0.29, 0.717) is 11.3 Å². The summed E-state index contributed by atoms with van der Waals surface area (Å²) < 4.78 is 0. The molecule has 3 nitrogen and oxygen atoms in total. The van der Waals surface area contributed by atoms with E-state index < -0.39 is 0 Å². The van der Waals surface area contributed by atoms with Crippen molar-refractivity contribution in [3.05, 3.63) is 23.5 Å². The Balaban J connectivity index is 3.32. The average molecular weight is 178 g/mol. The average Bonchev–Trinajstić information content (AvgIpc) is 2.02. The number of pyridine rings is 1. The van der Waals surface area contributed by atoms with Crippen LogP contribution < -0.4 is 5.73 Å². The quantitative estimate of drug-likeness (QED) is 0.667. The van der Waals surface area contributed by atoms with E-state index in [1.807, 2.05) is 20.8 Å². The minimum atomic E-state index is -0.122. The fourth-order valence-corrected chi connectivity index (χ4v) is 1.19. The first-order valence-corrected chi connectivity index (χ1v) is 4.17. The Morgan fingerprint density at radius 1 is 1.46 bits per heavy atom. The van der Waals surface area contributed by atoms with Gasteiger partial charge in [0, 0.05) is 17.2 Å². The maximum Gasteiger partial charge on any atom is 0.152 e. The zero-order valence-corrected chi connectivity index (χ0v) is 8.16. The molecule has 0 aliphatic heterocycles. The Bertz CT molecular complexity index is 326. The molecule has 0 radical (unpaired) electrons. The number of nitrogens with two attached hydrogens (primary N) is 1. The molecular formula is C10H14N2O. The number of anilines is 1. The van der Waals surface area contributed by atoms with Crippen LogP contribution in [0, 0.1) is 0 Å². The molecule has 0 spiro atoms. The van der Waals surface area contributed by atoms with Gasteiger partial charge in [-0.3, -0.25) is 9.78 Å². The molecule has 13 heavy (non-hydrogen) atoms. The van der Waals surface area contributed by atoms with Crippen molar-refractivity contribution in [2.75, 3.05) is 5.73 Å². The van der Waals surface area contributed by atoms with Gasteiger partial charge in [0.25, 0.3) is 0 Å². The van der Waals surface area contributed by atoms with E-state index in [2.05, 4.69) is 4.98 Å². The van der Waals surface area contributed by atoms with Crippen LogP contribution >= 0.6 is 0 Å². The molecule has 0 bridgehead atoms. The number of rotatable bonds is 1. The summed E-state index contributed by atoms with van der Waals surface area (Å²) in [6, 6.07) is 1.62. The molecular weight excluding hydrogens is 164 g/mol. The summed E-state index contributed by atoms with van der Waals surface area (Å²) in [7, 11) is 0. The molecule has 0 aliphatic carbocycles. The smallest absolute Gasteiger partial charge is 0.152 e. The third kappa shape index (κ3) is 1.86. The van der Waals surface area contributed by atoms with E-state index in [1.54, 1.807) is 12.3 Å². The van der Waals surface area contributed by atoms with Gasteiger partial charge in [-0.1, -0.05) is 20.8 Å². The number of hydrogen-bond donors (Lipinski definition) is 1. The first-order chi connectivity index (χ1) is 5.96. The van der Waals surface area contributed by atoms with E-state index in [9.17, 15) is 4.79 Å². The lowest BCUT2D eigenvalue weighted by Gasteiger charge is -2.20. The highest BCUT2D eigenvalue weighted by atomic mass is 16.1. The van der Waals surface area contributed by atoms with Crippen LogP contribution in [-0.4, -0.2) is 11.3 Å². The van der Waals surface area contributed by atoms with Crippen LogP contribution in [0.5, 0.6) is 0 Å². The van der Waals surface area contributed by atoms with E-state index >= 15 is 0 Å². The zero-order valence-electron chi connectivity index (χ0n) is 8.16. The van der Waals surface area contributed by atoms with Gasteiger partial charge in [-0.15, -0.1) is 0 Å². The van der Waals surface area contributed by atoms with Gasteiger partial charge < -0.3 is 5.73 Å². The normalized spacial score (nSPS) is 11.3. The van der Waals surface area contributed by atoms with Crippen molar-refractivity contribution in [3.63, 3.8) is 0 Å². The second-order valence-corrected chi connectivity index (χ2v) is 4.03. The van der Waals surface area contributed by atoms with Crippen LogP contribution in [0.25, 0.3) is 0 Å². The number of aromatic nitrogens is 1. The van der Waals surface area contributed by atoms with E-state index in [4.69, 9.17) is 5.73 Å². The number of carbonyl (C=O) groups is 1. The first-order valence-electron chi connectivity index (χ1n) is 4.17. The topological polar surface area (TPSA) is 56.0 Å². The lowest BCUT2D eigenvalue weighted by Crippen LogP contribution is -2.17. The van der Waals surface area contributed by atoms with Gasteiger partial charge in [0.15, 0.2) is 6.29 Å². The number of carbonyl (C=O) groups excluding carboxylic acids is 1. The van der Waals surface area contributed by atoms with E-state index in [1.165, 1.54) is 0 Å². The fourth-order valence-electron chi connectivity index (χ4n) is 1.19. The third-order valence-electron chi connectivity index (χ3n) is 1.86. The molecule has 2 N–H and O–H groups in total.